The monoisotopic (exact) mass is 259 g/mol. The Labute approximate surface area is 88.1 Å². The molecule has 0 unspecified atom stereocenters. The molecular formula is C9H7BrFNO2. The molecule has 1 heterocycles. The predicted molar refractivity (Wildman–Crippen MR) is 50.8 cm³/mol. The van der Waals surface area contributed by atoms with E-state index in [4.69, 9.17) is 5.11 Å². The first-order chi connectivity index (χ1) is 6.61. The highest BCUT2D eigenvalue weighted by molar-refractivity contribution is 9.10. The van der Waals surface area contributed by atoms with Crippen LogP contribution in [0.5, 0.6) is 0 Å². The van der Waals surface area contributed by atoms with Crippen LogP contribution in [0.2, 0.25) is 0 Å². The van der Waals surface area contributed by atoms with E-state index in [1.807, 2.05) is 0 Å². The van der Waals surface area contributed by atoms with Crippen LogP contribution < -0.4 is 0 Å². The van der Waals surface area contributed by atoms with E-state index >= 15 is 0 Å². The predicted octanol–water partition coefficient (Wildman–Crippen LogP) is 2.56. The van der Waals surface area contributed by atoms with Gasteiger partial charge in [-0.2, -0.15) is 0 Å². The fraction of sp³-hybridized carbons (Fsp3) is 0.333. The quantitative estimate of drug-likeness (QED) is 0.888. The summed E-state index contributed by atoms with van der Waals surface area (Å²) in [5.41, 5.74) is 0.339. The highest BCUT2D eigenvalue weighted by Crippen LogP contribution is 2.43. The number of hydrogen-bond acceptors (Lipinski definition) is 2. The maximum atomic E-state index is 13.1. The Morgan fingerprint density at radius 2 is 2.29 bits per heavy atom. The fourth-order valence-corrected chi connectivity index (χ4v) is 2.10. The third-order valence-corrected chi connectivity index (χ3v) is 2.98. The highest BCUT2D eigenvalue weighted by atomic mass is 79.9. The van der Waals surface area contributed by atoms with Crippen LogP contribution in [0.1, 0.15) is 34.8 Å². The van der Waals surface area contributed by atoms with Crippen LogP contribution >= 0.6 is 15.9 Å². The van der Waals surface area contributed by atoms with Gasteiger partial charge in [0.1, 0.15) is 5.56 Å². The summed E-state index contributed by atoms with van der Waals surface area (Å²) >= 11 is 3.09. The number of halogens is 2. The van der Waals surface area contributed by atoms with E-state index in [2.05, 4.69) is 20.9 Å². The minimum absolute atomic E-state index is 0.285. The van der Waals surface area contributed by atoms with Crippen LogP contribution in [-0.2, 0) is 0 Å². The average Bonchev–Trinajstić information content (AvgIpc) is 2.86. The number of aromatic nitrogens is 1. The largest absolute Gasteiger partial charge is 0.478 e. The molecule has 1 aliphatic carbocycles. The van der Waals surface area contributed by atoms with Gasteiger partial charge in [-0.05, 0) is 28.8 Å². The molecule has 1 aromatic heterocycles. The van der Waals surface area contributed by atoms with Gasteiger partial charge in [-0.1, -0.05) is 0 Å². The third kappa shape index (κ3) is 1.52. The van der Waals surface area contributed by atoms with Crippen LogP contribution in [-0.4, -0.2) is 16.1 Å². The topological polar surface area (TPSA) is 50.2 Å². The molecular weight excluding hydrogens is 253 g/mol. The Hall–Kier alpha value is -0.970. The van der Waals surface area contributed by atoms with Gasteiger partial charge in [-0.25, -0.2) is 9.18 Å². The summed E-state index contributed by atoms with van der Waals surface area (Å²) in [7, 11) is 0. The summed E-state index contributed by atoms with van der Waals surface area (Å²) in [5.74, 6) is -1.77. The Morgan fingerprint density at radius 1 is 1.64 bits per heavy atom. The van der Waals surface area contributed by atoms with Crippen LogP contribution in [0.15, 0.2) is 10.7 Å². The van der Waals surface area contributed by atoms with Crippen molar-refractivity contribution in [2.24, 2.45) is 0 Å². The van der Waals surface area contributed by atoms with E-state index in [9.17, 15) is 9.18 Å². The molecule has 5 heteroatoms. The van der Waals surface area contributed by atoms with Crippen molar-refractivity contribution < 1.29 is 14.3 Å². The van der Waals surface area contributed by atoms with Gasteiger partial charge in [0.05, 0.1) is 16.4 Å². The molecule has 0 spiro atoms. The Kier molecular flexibility index (Phi) is 2.26. The lowest BCUT2D eigenvalue weighted by Crippen LogP contribution is -2.05. The van der Waals surface area contributed by atoms with E-state index < -0.39 is 11.8 Å². The lowest BCUT2D eigenvalue weighted by atomic mass is 10.2. The molecule has 1 aromatic rings. The van der Waals surface area contributed by atoms with Gasteiger partial charge in [-0.3, -0.25) is 4.98 Å². The fourth-order valence-electron chi connectivity index (χ4n) is 1.32. The molecule has 2 rings (SSSR count). The van der Waals surface area contributed by atoms with Gasteiger partial charge < -0.3 is 5.11 Å². The molecule has 0 saturated heterocycles. The average molecular weight is 260 g/mol. The van der Waals surface area contributed by atoms with Crippen molar-refractivity contribution in [1.29, 1.82) is 0 Å². The molecule has 0 amide bonds. The molecule has 0 atom stereocenters. The number of hydrogen-bond donors (Lipinski definition) is 1. The van der Waals surface area contributed by atoms with Crippen molar-refractivity contribution in [3.05, 3.63) is 27.7 Å². The standard InChI is InChI=1S/C9H7BrFNO2/c10-7-6(9(13)14)5(11)3-12-8(7)4-1-2-4/h3-4H,1-2H2,(H,13,14). The number of pyridine rings is 1. The number of carbonyl (C=O) groups is 1. The molecule has 1 N–H and O–H groups in total. The second-order valence-corrected chi connectivity index (χ2v) is 4.05. The van der Waals surface area contributed by atoms with Crippen molar-refractivity contribution >= 4 is 21.9 Å². The smallest absolute Gasteiger partial charge is 0.339 e. The molecule has 0 aromatic carbocycles. The van der Waals surface area contributed by atoms with Crippen molar-refractivity contribution in [2.45, 2.75) is 18.8 Å². The summed E-state index contributed by atoms with van der Waals surface area (Å²) < 4.78 is 13.4. The SMILES string of the molecule is O=C(O)c1c(F)cnc(C2CC2)c1Br. The van der Waals surface area contributed by atoms with Crippen molar-refractivity contribution in [2.75, 3.05) is 0 Å². The normalized spacial score (nSPS) is 15.6. The first kappa shape index (κ1) is 9.58. The number of aromatic carboxylic acids is 1. The van der Waals surface area contributed by atoms with E-state index in [-0.39, 0.29) is 10.0 Å². The molecule has 0 radical (unpaired) electrons. The zero-order chi connectivity index (χ0) is 10.3. The highest BCUT2D eigenvalue weighted by Gasteiger charge is 2.30. The Bertz CT molecular complexity index is 404. The second-order valence-electron chi connectivity index (χ2n) is 3.26. The molecule has 3 nitrogen and oxygen atoms in total. The van der Waals surface area contributed by atoms with Crippen LogP contribution in [0.25, 0.3) is 0 Å². The van der Waals surface area contributed by atoms with E-state index in [0.29, 0.717) is 11.6 Å². The molecule has 1 saturated carbocycles. The second kappa shape index (κ2) is 3.31. The molecule has 0 aliphatic heterocycles. The Balaban J connectivity index is 2.55. The number of nitrogens with zero attached hydrogens (tertiary/aromatic N) is 1. The minimum Gasteiger partial charge on any atom is -0.478 e. The summed E-state index contributed by atoms with van der Waals surface area (Å²) in [6.45, 7) is 0. The summed E-state index contributed by atoms with van der Waals surface area (Å²) in [6.07, 6.45) is 2.97. The molecule has 1 aliphatic rings. The lowest BCUT2D eigenvalue weighted by molar-refractivity contribution is 0.0690. The minimum atomic E-state index is -1.27. The first-order valence-electron chi connectivity index (χ1n) is 4.18. The lowest BCUT2D eigenvalue weighted by Gasteiger charge is -2.05. The molecule has 74 valence electrons. The zero-order valence-corrected chi connectivity index (χ0v) is 8.71. The van der Waals surface area contributed by atoms with Crippen molar-refractivity contribution in [3.8, 4) is 0 Å². The van der Waals surface area contributed by atoms with E-state index in [1.54, 1.807) is 0 Å². The van der Waals surface area contributed by atoms with E-state index in [0.717, 1.165) is 19.0 Å². The van der Waals surface area contributed by atoms with Crippen LogP contribution in [0, 0.1) is 5.82 Å². The van der Waals surface area contributed by atoms with Gasteiger partial charge in [0.15, 0.2) is 5.82 Å². The maximum Gasteiger partial charge on any atom is 0.339 e. The van der Waals surface area contributed by atoms with Gasteiger partial charge in [-0.15, -0.1) is 0 Å². The number of carboxylic acids is 1. The van der Waals surface area contributed by atoms with Gasteiger partial charge in [0.25, 0.3) is 0 Å². The number of carboxylic acid groups (broad SMARTS) is 1. The number of rotatable bonds is 2. The van der Waals surface area contributed by atoms with Gasteiger partial charge in [0, 0.05) is 5.92 Å². The van der Waals surface area contributed by atoms with Crippen molar-refractivity contribution in [1.82, 2.24) is 4.98 Å². The zero-order valence-electron chi connectivity index (χ0n) is 7.13. The first-order valence-corrected chi connectivity index (χ1v) is 4.97. The summed E-state index contributed by atoms with van der Waals surface area (Å²) in [6, 6.07) is 0. The van der Waals surface area contributed by atoms with Gasteiger partial charge >= 0.3 is 5.97 Å². The van der Waals surface area contributed by atoms with Gasteiger partial charge in [0.2, 0.25) is 0 Å². The van der Waals surface area contributed by atoms with Crippen LogP contribution in [0.3, 0.4) is 0 Å². The maximum absolute atomic E-state index is 13.1. The molecule has 14 heavy (non-hydrogen) atoms. The molecule has 0 bridgehead atoms. The molecule has 1 fully saturated rings. The van der Waals surface area contributed by atoms with E-state index in [1.165, 1.54) is 0 Å². The summed E-state index contributed by atoms with van der Waals surface area (Å²) in [4.78, 5) is 14.6. The van der Waals surface area contributed by atoms with Crippen LogP contribution in [0.4, 0.5) is 4.39 Å². The Morgan fingerprint density at radius 3 is 2.79 bits per heavy atom. The summed E-state index contributed by atoms with van der Waals surface area (Å²) in [5, 5.41) is 8.78. The third-order valence-electron chi connectivity index (χ3n) is 2.18. The van der Waals surface area contributed by atoms with Crippen molar-refractivity contribution in [3.63, 3.8) is 0 Å².